The molecule has 5 heteroatoms. The van der Waals surface area contributed by atoms with Crippen molar-refractivity contribution < 1.29 is 9.18 Å². The van der Waals surface area contributed by atoms with E-state index in [1.54, 1.807) is 18.5 Å². The van der Waals surface area contributed by atoms with Crippen LogP contribution in [0.5, 0.6) is 0 Å². The molecule has 0 bridgehead atoms. The first kappa shape index (κ1) is 16.3. The fourth-order valence-corrected chi connectivity index (χ4v) is 2.56. The number of hydrogen-bond donors (Lipinski definition) is 1. The summed E-state index contributed by atoms with van der Waals surface area (Å²) in [5.41, 5.74) is 3.87. The van der Waals surface area contributed by atoms with Crippen molar-refractivity contribution in [3.8, 4) is 11.1 Å². The van der Waals surface area contributed by atoms with Gasteiger partial charge in [-0.2, -0.15) is 0 Å². The highest BCUT2D eigenvalue weighted by Gasteiger charge is 2.11. The number of aryl methyl sites for hydroxylation is 1. The van der Waals surface area contributed by atoms with Gasteiger partial charge in [0.15, 0.2) is 0 Å². The summed E-state index contributed by atoms with van der Waals surface area (Å²) in [7, 11) is 0. The fraction of sp³-hybridized carbons (Fsp3) is 0.0526. The van der Waals surface area contributed by atoms with E-state index in [4.69, 9.17) is 0 Å². The molecule has 0 saturated heterocycles. The Hall–Kier alpha value is -2.53. The molecule has 0 radical (unpaired) electrons. The summed E-state index contributed by atoms with van der Waals surface area (Å²) in [5.74, 6) is -0.818. The van der Waals surface area contributed by atoms with Gasteiger partial charge in [0.2, 0.25) is 0 Å². The van der Waals surface area contributed by atoms with Crippen LogP contribution >= 0.6 is 15.9 Å². The first-order valence-corrected chi connectivity index (χ1v) is 8.11. The predicted molar refractivity (Wildman–Crippen MR) is 96.5 cm³/mol. The molecule has 2 aromatic carbocycles. The Kier molecular flexibility index (Phi) is 4.71. The molecule has 24 heavy (non-hydrogen) atoms. The number of nitrogens with one attached hydrogen (secondary N) is 1. The van der Waals surface area contributed by atoms with Gasteiger partial charge in [-0.1, -0.05) is 12.1 Å². The molecule has 0 spiro atoms. The molecule has 0 aliphatic rings. The minimum absolute atomic E-state index is 0.268. The van der Waals surface area contributed by atoms with Gasteiger partial charge in [0.25, 0.3) is 5.91 Å². The number of amides is 1. The summed E-state index contributed by atoms with van der Waals surface area (Å²) in [4.78, 5) is 16.4. The van der Waals surface area contributed by atoms with Crippen molar-refractivity contribution in [1.29, 1.82) is 0 Å². The first-order valence-electron chi connectivity index (χ1n) is 7.32. The van der Waals surface area contributed by atoms with Gasteiger partial charge in [-0.05, 0) is 75.9 Å². The summed E-state index contributed by atoms with van der Waals surface area (Å²) < 4.78 is 13.9. The number of carbonyl (C=O) groups excluding carboxylic acids is 1. The van der Waals surface area contributed by atoms with E-state index < -0.39 is 5.82 Å². The van der Waals surface area contributed by atoms with Gasteiger partial charge >= 0.3 is 0 Å². The molecule has 0 aliphatic carbocycles. The van der Waals surface area contributed by atoms with E-state index >= 15 is 0 Å². The van der Waals surface area contributed by atoms with Crippen LogP contribution in [0.2, 0.25) is 0 Å². The number of nitrogens with zero attached hydrogens (tertiary/aromatic N) is 1. The third kappa shape index (κ3) is 3.51. The minimum atomic E-state index is -0.468. The molecule has 0 atom stereocenters. The van der Waals surface area contributed by atoms with E-state index in [0.717, 1.165) is 16.7 Å². The van der Waals surface area contributed by atoms with Crippen molar-refractivity contribution in [2.75, 3.05) is 5.32 Å². The molecule has 0 unspecified atom stereocenters. The summed E-state index contributed by atoms with van der Waals surface area (Å²) in [6, 6.07) is 13.9. The molecular weight excluding hydrogens is 371 g/mol. The Morgan fingerprint density at radius 2 is 1.79 bits per heavy atom. The number of pyridine rings is 1. The van der Waals surface area contributed by atoms with Crippen molar-refractivity contribution in [3.63, 3.8) is 0 Å². The average Bonchev–Trinajstić information content (AvgIpc) is 2.60. The normalized spacial score (nSPS) is 10.5. The molecule has 120 valence electrons. The van der Waals surface area contributed by atoms with Gasteiger partial charge in [0.05, 0.1) is 4.47 Å². The van der Waals surface area contributed by atoms with E-state index in [9.17, 15) is 9.18 Å². The van der Waals surface area contributed by atoms with Crippen LogP contribution in [0.25, 0.3) is 11.1 Å². The molecule has 0 saturated carbocycles. The summed E-state index contributed by atoms with van der Waals surface area (Å²) in [6.45, 7) is 1.91. The second kappa shape index (κ2) is 6.93. The number of benzene rings is 2. The van der Waals surface area contributed by atoms with Crippen LogP contribution in [0.1, 0.15) is 15.9 Å². The molecule has 3 rings (SSSR count). The molecule has 0 aliphatic heterocycles. The van der Waals surface area contributed by atoms with Crippen molar-refractivity contribution in [2.24, 2.45) is 0 Å². The topological polar surface area (TPSA) is 42.0 Å². The van der Waals surface area contributed by atoms with Gasteiger partial charge < -0.3 is 5.32 Å². The summed E-state index contributed by atoms with van der Waals surface area (Å²) in [6.07, 6.45) is 3.44. The second-order valence-electron chi connectivity index (χ2n) is 5.35. The van der Waals surface area contributed by atoms with Crippen LogP contribution < -0.4 is 5.32 Å². The van der Waals surface area contributed by atoms with Crippen LogP contribution in [0.3, 0.4) is 0 Å². The van der Waals surface area contributed by atoms with E-state index in [1.165, 1.54) is 12.1 Å². The first-order chi connectivity index (χ1) is 11.5. The Morgan fingerprint density at radius 1 is 1.04 bits per heavy atom. The standard InChI is InChI=1S/C19H14BrFN2O/c1-12-2-3-14(13-6-8-22-9-7-13)11-18(12)23-19(24)15-4-5-16(20)17(21)10-15/h2-11H,1H3,(H,23,24). The predicted octanol–water partition coefficient (Wildman–Crippen LogP) is 5.21. The Morgan fingerprint density at radius 3 is 2.50 bits per heavy atom. The third-order valence-corrected chi connectivity index (χ3v) is 4.32. The smallest absolute Gasteiger partial charge is 0.255 e. The third-order valence-electron chi connectivity index (χ3n) is 3.68. The minimum Gasteiger partial charge on any atom is -0.322 e. The van der Waals surface area contributed by atoms with Crippen molar-refractivity contribution in [3.05, 3.63) is 82.3 Å². The lowest BCUT2D eigenvalue weighted by molar-refractivity contribution is 0.102. The lowest BCUT2D eigenvalue weighted by Gasteiger charge is -2.11. The van der Waals surface area contributed by atoms with Crippen LogP contribution in [-0.4, -0.2) is 10.9 Å². The maximum atomic E-state index is 13.6. The maximum absolute atomic E-state index is 13.6. The molecule has 1 amide bonds. The SMILES string of the molecule is Cc1ccc(-c2ccncc2)cc1NC(=O)c1ccc(Br)c(F)c1. The van der Waals surface area contributed by atoms with E-state index in [-0.39, 0.29) is 11.5 Å². The molecule has 1 N–H and O–H groups in total. The Balaban J connectivity index is 1.89. The number of carbonyl (C=O) groups is 1. The van der Waals surface area contributed by atoms with Gasteiger partial charge in [-0.15, -0.1) is 0 Å². The highest BCUT2D eigenvalue weighted by atomic mass is 79.9. The van der Waals surface area contributed by atoms with Gasteiger partial charge in [-0.25, -0.2) is 4.39 Å². The summed E-state index contributed by atoms with van der Waals surface area (Å²) in [5, 5.41) is 2.85. The van der Waals surface area contributed by atoms with E-state index in [1.807, 2.05) is 37.3 Å². The molecule has 1 aromatic heterocycles. The lowest BCUT2D eigenvalue weighted by atomic mass is 10.0. The zero-order valence-electron chi connectivity index (χ0n) is 12.9. The van der Waals surface area contributed by atoms with E-state index in [2.05, 4.69) is 26.2 Å². The zero-order valence-corrected chi connectivity index (χ0v) is 14.5. The average molecular weight is 385 g/mol. The number of aromatic nitrogens is 1. The van der Waals surface area contributed by atoms with Crippen LogP contribution in [-0.2, 0) is 0 Å². The maximum Gasteiger partial charge on any atom is 0.255 e. The number of anilines is 1. The van der Waals surface area contributed by atoms with Gasteiger partial charge in [-0.3, -0.25) is 9.78 Å². The molecular formula is C19H14BrFN2O. The van der Waals surface area contributed by atoms with Crippen molar-refractivity contribution >= 4 is 27.5 Å². The highest BCUT2D eigenvalue weighted by Crippen LogP contribution is 2.25. The van der Waals surface area contributed by atoms with Gasteiger partial charge in [0.1, 0.15) is 5.82 Å². The highest BCUT2D eigenvalue weighted by molar-refractivity contribution is 9.10. The molecule has 0 fully saturated rings. The van der Waals surface area contributed by atoms with Crippen molar-refractivity contribution in [1.82, 2.24) is 4.98 Å². The Bertz CT molecular complexity index is 897. The fourth-order valence-electron chi connectivity index (χ4n) is 2.31. The number of rotatable bonds is 3. The van der Waals surface area contributed by atoms with Crippen molar-refractivity contribution in [2.45, 2.75) is 6.92 Å². The van der Waals surface area contributed by atoms with Gasteiger partial charge in [0, 0.05) is 23.6 Å². The Labute approximate surface area is 147 Å². The molecule has 1 heterocycles. The number of halogens is 2. The van der Waals surface area contributed by atoms with Crippen LogP contribution in [0, 0.1) is 12.7 Å². The largest absolute Gasteiger partial charge is 0.322 e. The molecule has 3 aromatic rings. The monoisotopic (exact) mass is 384 g/mol. The summed E-state index contributed by atoms with van der Waals surface area (Å²) >= 11 is 3.08. The van der Waals surface area contributed by atoms with Crippen LogP contribution in [0.4, 0.5) is 10.1 Å². The van der Waals surface area contributed by atoms with Crippen LogP contribution in [0.15, 0.2) is 65.4 Å². The second-order valence-corrected chi connectivity index (χ2v) is 6.20. The molecule has 3 nitrogen and oxygen atoms in total. The quantitative estimate of drug-likeness (QED) is 0.673. The van der Waals surface area contributed by atoms with E-state index in [0.29, 0.717) is 10.2 Å². The lowest BCUT2D eigenvalue weighted by Crippen LogP contribution is -2.13. The zero-order chi connectivity index (χ0) is 17.1. The number of hydrogen-bond acceptors (Lipinski definition) is 2.